The number of nitrogens with one attached hydrogen (secondary N) is 1. The standard InChI is InChI=1S/C28H32FN3O4S/c1-30-28(34)26(20-22-10-5-3-6-11-22)31(21-23-12-7-4-8-13-23)27(33)14-9-19-32(37(2,35)36)25-17-15-24(29)16-18-25/h3-8,10-13,15-18,26H,9,14,19-21H2,1-2H3,(H,30,34)/t26-/m1/s1. The number of benzene rings is 3. The Bertz CT molecular complexity index is 1270. The third-order valence-electron chi connectivity index (χ3n) is 5.98. The van der Waals surface area contributed by atoms with Gasteiger partial charge in [-0.15, -0.1) is 0 Å². The summed E-state index contributed by atoms with van der Waals surface area (Å²) in [6, 6.07) is 23.3. The summed E-state index contributed by atoms with van der Waals surface area (Å²) < 4.78 is 39.3. The number of halogens is 1. The molecule has 0 fully saturated rings. The van der Waals surface area contributed by atoms with Crippen LogP contribution in [0.5, 0.6) is 0 Å². The quantitative estimate of drug-likeness (QED) is 0.390. The summed E-state index contributed by atoms with van der Waals surface area (Å²) >= 11 is 0. The molecule has 1 N–H and O–H groups in total. The van der Waals surface area contributed by atoms with Gasteiger partial charge in [-0.25, -0.2) is 12.8 Å². The lowest BCUT2D eigenvalue weighted by molar-refractivity contribution is -0.141. The van der Waals surface area contributed by atoms with Crippen LogP contribution < -0.4 is 9.62 Å². The molecule has 0 saturated carbocycles. The van der Waals surface area contributed by atoms with Crippen LogP contribution in [-0.2, 0) is 32.6 Å². The smallest absolute Gasteiger partial charge is 0.242 e. The molecule has 3 aromatic rings. The average molecular weight is 526 g/mol. The van der Waals surface area contributed by atoms with Gasteiger partial charge in [0.25, 0.3) is 0 Å². The van der Waals surface area contributed by atoms with Crippen LogP contribution in [0.2, 0.25) is 0 Å². The molecule has 37 heavy (non-hydrogen) atoms. The fourth-order valence-corrected chi connectivity index (χ4v) is 5.08. The molecular weight excluding hydrogens is 493 g/mol. The summed E-state index contributed by atoms with van der Waals surface area (Å²) in [4.78, 5) is 28.1. The van der Waals surface area contributed by atoms with Crippen LogP contribution in [0, 0.1) is 5.82 Å². The number of sulfonamides is 1. The van der Waals surface area contributed by atoms with E-state index in [0.29, 0.717) is 12.1 Å². The van der Waals surface area contributed by atoms with E-state index in [1.54, 1.807) is 4.90 Å². The van der Waals surface area contributed by atoms with E-state index in [9.17, 15) is 22.4 Å². The Labute approximate surface area is 218 Å². The highest BCUT2D eigenvalue weighted by Gasteiger charge is 2.30. The molecule has 3 aromatic carbocycles. The third kappa shape index (κ3) is 8.15. The summed E-state index contributed by atoms with van der Waals surface area (Å²) in [5, 5.41) is 2.68. The minimum Gasteiger partial charge on any atom is -0.357 e. The zero-order valence-corrected chi connectivity index (χ0v) is 21.8. The first kappa shape index (κ1) is 27.9. The van der Waals surface area contributed by atoms with Crippen molar-refractivity contribution in [1.82, 2.24) is 10.2 Å². The molecule has 0 spiro atoms. The van der Waals surface area contributed by atoms with Crippen molar-refractivity contribution in [2.75, 3.05) is 24.2 Å². The Morgan fingerprint density at radius 2 is 1.46 bits per heavy atom. The Balaban J connectivity index is 1.81. The molecule has 9 heteroatoms. The first-order valence-corrected chi connectivity index (χ1v) is 13.9. The largest absolute Gasteiger partial charge is 0.357 e. The van der Waals surface area contributed by atoms with Gasteiger partial charge >= 0.3 is 0 Å². The fourth-order valence-electron chi connectivity index (χ4n) is 4.11. The average Bonchev–Trinajstić information content (AvgIpc) is 2.89. The second-order valence-corrected chi connectivity index (χ2v) is 10.6. The first-order chi connectivity index (χ1) is 17.7. The fraction of sp³-hybridized carbons (Fsp3) is 0.286. The van der Waals surface area contributed by atoms with Crippen molar-refractivity contribution in [3.63, 3.8) is 0 Å². The molecule has 0 unspecified atom stereocenters. The highest BCUT2D eigenvalue weighted by atomic mass is 32.2. The Kier molecular flexibility index (Phi) is 9.79. The van der Waals surface area contributed by atoms with Crippen LogP contribution in [0.25, 0.3) is 0 Å². The summed E-state index contributed by atoms with van der Waals surface area (Å²) in [6.07, 6.45) is 1.66. The highest BCUT2D eigenvalue weighted by Crippen LogP contribution is 2.20. The van der Waals surface area contributed by atoms with E-state index in [-0.39, 0.29) is 37.7 Å². The SMILES string of the molecule is CNC(=O)[C@@H](Cc1ccccc1)N(Cc1ccccc1)C(=O)CCCN(c1ccc(F)cc1)S(C)(=O)=O. The molecule has 0 saturated heterocycles. The number of anilines is 1. The Morgan fingerprint density at radius 3 is 2.00 bits per heavy atom. The molecule has 0 aromatic heterocycles. The van der Waals surface area contributed by atoms with Crippen LogP contribution in [0.15, 0.2) is 84.9 Å². The number of carbonyl (C=O) groups is 2. The molecule has 2 amide bonds. The molecular formula is C28H32FN3O4S. The molecule has 0 bridgehead atoms. The number of hydrogen-bond donors (Lipinski definition) is 1. The maximum Gasteiger partial charge on any atom is 0.242 e. The van der Waals surface area contributed by atoms with Crippen molar-refractivity contribution in [3.8, 4) is 0 Å². The van der Waals surface area contributed by atoms with Gasteiger partial charge in [0.2, 0.25) is 21.8 Å². The zero-order chi connectivity index (χ0) is 26.8. The van der Waals surface area contributed by atoms with Gasteiger partial charge in [-0.05, 0) is 41.8 Å². The summed E-state index contributed by atoms with van der Waals surface area (Å²) in [6.45, 7) is 0.275. The Morgan fingerprint density at radius 1 is 0.892 bits per heavy atom. The van der Waals surface area contributed by atoms with Gasteiger partial charge in [0.15, 0.2) is 0 Å². The van der Waals surface area contributed by atoms with E-state index in [0.717, 1.165) is 21.7 Å². The molecule has 196 valence electrons. The van der Waals surface area contributed by atoms with E-state index >= 15 is 0 Å². The zero-order valence-electron chi connectivity index (χ0n) is 21.0. The Hall–Kier alpha value is -3.72. The second kappa shape index (κ2) is 13.0. The molecule has 7 nitrogen and oxygen atoms in total. The summed E-state index contributed by atoms with van der Waals surface area (Å²) in [7, 11) is -2.11. The van der Waals surface area contributed by atoms with Crippen LogP contribution in [0.1, 0.15) is 24.0 Å². The normalized spacial score (nSPS) is 12.0. The topological polar surface area (TPSA) is 86.8 Å². The van der Waals surface area contributed by atoms with E-state index in [1.165, 1.54) is 31.3 Å². The molecule has 0 radical (unpaired) electrons. The van der Waals surface area contributed by atoms with Crippen LogP contribution in [0.3, 0.4) is 0 Å². The van der Waals surface area contributed by atoms with E-state index < -0.39 is 21.9 Å². The van der Waals surface area contributed by atoms with Gasteiger partial charge in [-0.3, -0.25) is 13.9 Å². The van der Waals surface area contributed by atoms with Gasteiger partial charge in [0, 0.05) is 33.0 Å². The lowest BCUT2D eigenvalue weighted by Crippen LogP contribution is -2.49. The van der Waals surface area contributed by atoms with Crippen molar-refractivity contribution in [3.05, 3.63) is 102 Å². The van der Waals surface area contributed by atoms with Crippen LogP contribution >= 0.6 is 0 Å². The number of carbonyl (C=O) groups excluding carboxylic acids is 2. The van der Waals surface area contributed by atoms with Crippen molar-refractivity contribution < 1.29 is 22.4 Å². The van der Waals surface area contributed by atoms with Gasteiger partial charge in [-0.1, -0.05) is 60.7 Å². The number of rotatable bonds is 12. The van der Waals surface area contributed by atoms with Gasteiger partial charge in [-0.2, -0.15) is 0 Å². The monoisotopic (exact) mass is 525 g/mol. The number of amides is 2. The highest BCUT2D eigenvalue weighted by molar-refractivity contribution is 7.92. The van der Waals surface area contributed by atoms with Gasteiger partial charge < -0.3 is 10.2 Å². The molecule has 1 atom stereocenters. The second-order valence-electron chi connectivity index (χ2n) is 8.74. The van der Waals surface area contributed by atoms with Crippen molar-refractivity contribution >= 4 is 27.5 Å². The van der Waals surface area contributed by atoms with E-state index in [4.69, 9.17) is 0 Å². The lowest BCUT2D eigenvalue weighted by Gasteiger charge is -2.31. The predicted molar refractivity (Wildman–Crippen MR) is 143 cm³/mol. The minimum atomic E-state index is -3.65. The predicted octanol–water partition coefficient (Wildman–Crippen LogP) is 3.76. The maximum absolute atomic E-state index is 13.5. The van der Waals surface area contributed by atoms with Crippen molar-refractivity contribution in [2.45, 2.75) is 31.8 Å². The number of nitrogens with zero attached hydrogens (tertiary/aromatic N) is 2. The van der Waals surface area contributed by atoms with Crippen molar-refractivity contribution in [2.24, 2.45) is 0 Å². The number of hydrogen-bond acceptors (Lipinski definition) is 4. The molecule has 0 heterocycles. The van der Waals surface area contributed by atoms with E-state index in [1.807, 2.05) is 60.7 Å². The van der Waals surface area contributed by atoms with Crippen LogP contribution in [0.4, 0.5) is 10.1 Å². The van der Waals surface area contributed by atoms with Gasteiger partial charge in [0.1, 0.15) is 11.9 Å². The molecule has 0 aliphatic carbocycles. The minimum absolute atomic E-state index is 0.0301. The molecule has 3 rings (SSSR count). The van der Waals surface area contributed by atoms with E-state index in [2.05, 4.69) is 5.32 Å². The third-order valence-corrected chi connectivity index (χ3v) is 7.17. The summed E-state index contributed by atoms with van der Waals surface area (Å²) in [5.41, 5.74) is 2.12. The lowest BCUT2D eigenvalue weighted by atomic mass is 10.0. The number of likely N-dealkylation sites (N-methyl/N-ethyl adjacent to an activating group) is 1. The van der Waals surface area contributed by atoms with Gasteiger partial charge in [0.05, 0.1) is 11.9 Å². The summed E-state index contributed by atoms with van der Waals surface area (Å²) in [5.74, 6) is -1.01. The van der Waals surface area contributed by atoms with Crippen molar-refractivity contribution in [1.29, 1.82) is 0 Å². The van der Waals surface area contributed by atoms with Crippen LogP contribution in [-0.4, -0.2) is 51.0 Å². The molecule has 0 aliphatic rings. The maximum atomic E-state index is 13.5. The first-order valence-electron chi connectivity index (χ1n) is 12.0. The molecule has 0 aliphatic heterocycles.